The summed E-state index contributed by atoms with van der Waals surface area (Å²) in [5.41, 5.74) is 5.89. The highest BCUT2D eigenvalue weighted by Crippen LogP contribution is 2.23. The molecule has 0 spiro atoms. The molecule has 1 aromatic rings. The van der Waals surface area contributed by atoms with Crippen molar-refractivity contribution in [3.05, 3.63) is 11.4 Å². The van der Waals surface area contributed by atoms with Gasteiger partial charge in [0.15, 0.2) is 0 Å². The van der Waals surface area contributed by atoms with E-state index in [0.717, 1.165) is 15.6 Å². The number of sulfonamides is 1. The van der Waals surface area contributed by atoms with Gasteiger partial charge in [0.1, 0.15) is 4.21 Å². The maximum Gasteiger partial charge on any atom is 0.252 e. The summed E-state index contributed by atoms with van der Waals surface area (Å²) in [6.45, 7) is 0. The molecule has 0 aliphatic carbocycles. The molecular weight excluding hydrogens is 196 g/mol. The molecule has 0 atom stereocenters. The molecule has 0 fully saturated rings. The van der Waals surface area contributed by atoms with Crippen LogP contribution in [0.4, 0.5) is 5.69 Å². The number of nitrogens with zero attached hydrogens (tertiary/aromatic N) is 1. The van der Waals surface area contributed by atoms with E-state index in [4.69, 9.17) is 5.73 Å². The minimum absolute atomic E-state index is 0.282. The third-order valence-electron chi connectivity index (χ3n) is 1.33. The van der Waals surface area contributed by atoms with Crippen LogP contribution >= 0.6 is 11.3 Å². The Bertz CT molecular complexity index is 367. The predicted molar refractivity (Wildman–Crippen MR) is 49.6 cm³/mol. The second-order valence-electron chi connectivity index (χ2n) is 2.49. The van der Waals surface area contributed by atoms with E-state index >= 15 is 0 Å². The summed E-state index contributed by atoms with van der Waals surface area (Å²) in [7, 11) is -0.302. The number of hydrogen-bond acceptors (Lipinski definition) is 4. The molecule has 12 heavy (non-hydrogen) atoms. The lowest BCUT2D eigenvalue weighted by Crippen LogP contribution is -2.21. The van der Waals surface area contributed by atoms with Crippen molar-refractivity contribution in [1.29, 1.82) is 0 Å². The van der Waals surface area contributed by atoms with Gasteiger partial charge in [-0.15, -0.1) is 11.3 Å². The van der Waals surface area contributed by atoms with Gasteiger partial charge < -0.3 is 5.73 Å². The first-order chi connectivity index (χ1) is 5.44. The Morgan fingerprint density at radius 1 is 1.50 bits per heavy atom. The van der Waals surface area contributed by atoms with E-state index in [1.54, 1.807) is 5.38 Å². The van der Waals surface area contributed by atoms with Crippen LogP contribution in [0.3, 0.4) is 0 Å². The van der Waals surface area contributed by atoms with E-state index in [1.165, 1.54) is 20.2 Å². The molecule has 0 unspecified atom stereocenters. The van der Waals surface area contributed by atoms with E-state index < -0.39 is 10.0 Å². The Balaban J connectivity index is 3.15. The summed E-state index contributed by atoms with van der Waals surface area (Å²) in [6, 6.07) is 1.46. The van der Waals surface area contributed by atoms with Crippen LogP contribution in [0.2, 0.25) is 0 Å². The molecule has 0 saturated carbocycles. The maximum absolute atomic E-state index is 11.4. The number of anilines is 1. The number of rotatable bonds is 2. The quantitative estimate of drug-likeness (QED) is 0.770. The Morgan fingerprint density at radius 2 is 2.08 bits per heavy atom. The SMILES string of the molecule is CN(C)S(=O)(=O)c1cc(N)cs1. The highest BCUT2D eigenvalue weighted by atomic mass is 32.2. The van der Waals surface area contributed by atoms with Crippen molar-refractivity contribution < 1.29 is 8.42 Å². The zero-order valence-corrected chi connectivity index (χ0v) is 8.45. The van der Waals surface area contributed by atoms with Crippen molar-refractivity contribution in [2.24, 2.45) is 0 Å². The van der Waals surface area contributed by atoms with Crippen molar-refractivity contribution >= 4 is 27.0 Å². The van der Waals surface area contributed by atoms with Gasteiger partial charge in [0.25, 0.3) is 10.0 Å². The zero-order chi connectivity index (χ0) is 9.35. The molecule has 6 heteroatoms. The highest BCUT2D eigenvalue weighted by Gasteiger charge is 2.18. The molecular formula is C6H10N2O2S2. The molecule has 0 aliphatic rings. The lowest BCUT2D eigenvalue weighted by Gasteiger charge is -2.07. The summed E-state index contributed by atoms with van der Waals surface area (Å²) in [6.07, 6.45) is 0. The van der Waals surface area contributed by atoms with Crippen LogP contribution < -0.4 is 5.73 Å². The molecule has 4 nitrogen and oxygen atoms in total. The minimum atomic E-state index is -3.28. The molecule has 0 saturated heterocycles. The fourth-order valence-electron chi connectivity index (χ4n) is 0.645. The lowest BCUT2D eigenvalue weighted by atomic mass is 10.6. The second-order valence-corrected chi connectivity index (χ2v) is 5.78. The fourth-order valence-corrected chi connectivity index (χ4v) is 2.89. The normalized spacial score (nSPS) is 12.2. The molecule has 2 N–H and O–H groups in total. The van der Waals surface area contributed by atoms with Gasteiger partial charge in [-0.2, -0.15) is 0 Å². The van der Waals surface area contributed by atoms with Gasteiger partial charge in [0, 0.05) is 25.2 Å². The van der Waals surface area contributed by atoms with Gasteiger partial charge in [-0.05, 0) is 6.07 Å². The second kappa shape index (κ2) is 3.04. The summed E-state index contributed by atoms with van der Waals surface area (Å²) in [4.78, 5) is 0. The van der Waals surface area contributed by atoms with Crippen molar-refractivity contribution in [2.75, 3.05) is 19.8 Å². The molecule has 1 rings (SSSR count). The molecule has 68 valence electrons. The van der Waals surface area contributed by atoms with E-state index in [1.807, 2.05) is 0 Å². The van der Waals surface area contributed by atoms with Gasteiger partial charge in [-0.1, -0.05) is 0 Å². The van der Waals surface area contributed by atoms with Crippen molar-refractivity contribution in [3.63, 3.8) is 0 Å². The van der Waals surface area contributed by atoms with Gasteiger partial charge in [-0.3, -0.25) is 0 Å². The smallest absolute Gasteiger partial charge is 0.252 e. The molecule has 0 bridgehead atoms. The van der Waals surface area contributed by atoms with Gasteiger partial charge in [-0.25, -0.2) is 12.7 Å². The van der Waals surface area contributed by atoms with Crippen molar-refractivity contribution in [3.8, 4) is 0 Å². The summed E-state index contributed by atoms with van der Waals surface area (Å²) >= 11 is 1.13. The van der Waals surface area contributed by atoms with Crippen LogP contribution in [0, 0.1) is 0 Å². The van der Waals surface area contributed by atoms with Gasteiger partial charge >= 0.3 is 0 Å². The van der Waals surface area contributed by atoms with E-state index in [2.05, 4.69) is 0 Å². The first kappa shape index (κ1) is 9.50. The minimum Gasteiger partial charge on any atom is -0.398 e. The van der Waals surface area contributed by atoms with Crippen LogP contribution in [-0.2, 0) is 10.0 Å². The summed E-state index contributed by atoms with van der Waals surface area (Å²) < 4.78 is 24.3. The number of nitrogens with two attached hydrogens (primary N) is 1. The Hall–Kier alpha value is -0.590. The van der Waals surface area contributed by atoms with Crippen molar-refractivity contribution in [1.82, 2.24) is 4.31 Å². The first-order valence-electron chi connectivity index (χ1n) is 3.21. The number of nitrogen functional groups attached to an aromatic ring is 1. The Labute approximate surface area is 75.7 Å². The third kappa shape index (κ3) is 1.60. The van der Waals surface area contributed by atoms with Crippen LogP contribution in [0.25, 0.3) is 0 Å². The van der Waals surface area contributed by atoms with Crippen LogP contribution in [0.15, 0.2) is 15.7 Å². The average molecular weight is 206 g/mol. The molecule has 0 aliphatic heterocycles. The standard InChI is InChI=1S/C6H10N2O2S2/c1-8(2)12(9,10)6-3-5(7)4-11-6/h3-4H,7H2,1-2H3. The highest BCUT2D eigenvalue weighted by molar-refractivity contribution is 7.91. The Kier molecular flexibility index (Phi) is 2.41. The summed E-state index contributed by atoms with van der Waals surface area (Å²) in [5, 5.41) is 1.61. The van der Waals surface area contributed by atoms with E-state index in [9.17, 15) is 8.42 Å². The van der Waals surface area contributed by atoms with Crippen LogP contribution in [0.5, 0.6) is 0 Å². The third-order valence-corrected chi connectivity index (χ3v) is 4.58. The number of thiophene rings is 1. The largest absolute Gasteiger partial charge is 0.398 e. The molecule has 0 radical (unpaired) electrons. The average Bonchev–Trinajstić information content (AvgIpc) is 2.35. The fraction of sp³-hybridized carbons (Fsp3) is 0.333. The predicted octanol–water partition coefficient (Wildman–Crippen LogP) is 0.581. The summed E-state index contributed by atoms with van der Waals surface area (Å²) in [5.74, 6) is 0. The monoisotopic (exact) mass is 206 g/mol. The molecule has 0 amide bonds. The van der Waals surface area contributed by atoms with E-state index in [0.29, 0.717) is 5.69 Å². The van der Waals surface area contributed by atoms with Gasteiger partial charge in [0.05, 0.1) is 0 Å². The van der Waals surface area contributed by atoms with Gasteiger partial charge in [0.2, 0.25) is 0 Å². The maximum atomic E-state index is 11.4. The molecule has 1 aromatic heterocycles. The molecule has 0 aromatic carbocycles. The van der Waals surface area contributed by atoms with Crippen LogP contribution in [-0.4, -0.2) is 26.8 Å². The molecule has 1 heterocycles. The van der Waals surface area contributed by atoms with Crippen molar-refractivity contribution in [2.45, 2.75) is 4.21 Å². The lowest BCUT2D eigenvalue weighted by molar-refractivity contribution is 0.523. The topological polar surface area (TPSA) is 63.4 Å². The van der Waals surface area contributed by atoms with E-state index in [-0.39, 0.29) is 4.21 Å². The number of hydrogen-bond donors (Lipinski definition) is 1. The first-order valence-corrected chi connectivity index (χ1v) is 5.53. The zero-order valence-electron chi connectivity index (χ0n) is 6.81. The van der Waals surface area contributed by atoms with Crippen LogP contribution in [0.1, 0.15) is 0 Å². The Morgan fingerprint density at radius 3 is 2.42 bits per heavy atom.